The molecule has 0 saturated heterocycles. The molecule has 1 aliphatic heterocycles. The number of ketones is 1. The SMILES string of the molecule is Cc1cc(-n2c(C)cc(C(=O)COC(=O)[C@H](C)N=C3NS(=O)(=O)c4ccccc43)c2C)no1. The average Bonchev–Trinajstić information content (AvgIpc) is 3.40. The number of hydrogen-bond acceptors (Lipinski definition) is 8. The maximum Gasteiger partial charge on any atom is 0.331 e. The van der Waals surface area contributed by atoms with Crippen LogP contribution in [0.2, 0.25) is 0 Å². The number of ether oxygens (including phenoxy) is 1. The number of sulfonamides is 1. The summed E-state index contributed by atoms with van der Waals surface area (Å²) in [4.78, 5) is 29.4. The van der Waals surface area contributed by atoms with Crippen molar-refractivity contribution in [1.29, 1.82) is 0 Å². The molecule has 1 N–H and O–H groups in total. The van der Waals surface area contributed by atoms with Crippen molar-refractivity contribution in [2.45, 2.75) is 38.6 Å². The number of nitrogens with zero attached hydrogens (tertiary/aromatic N) is 3. The highest BCUT2D eigenvalue weighted by molar-refractivity contribution is 7.90. The third-order valence-electron chi connectivity index (χ3n) is 5.25. The van der Waals surface area contributed by atoms with Crippen LogP contribution in [-0.2, 0) is 19.6 Å². The van der Waals surface area contributed by atoms with Gasteiger partial charge in [0.15, 0.2) is 12.4 Å². The van der Waals surface area contributed by atoms with Gasteiger partial charge in [0.2, 0.25) is 5.78 Å². The van der Waals surface area contributed by atoms with Gasteiger partial charge in [0, 0.05) is 28.6 Å². The summed E-state index contributed by atoms with van der Waals surface area (Å²) in [6.45, 7) is 6.37. The first-order chi connectivity index (χ1) is 15.6. The van der Waals surface area contributed by atoms with Crippen molar-refractivity contribution in [3.8, 4) is 5.82 Å². The van der Waals surface area contributed by atoms with E-state index < -0.39 is 28.6 Å². The van der Waals surface area contributed by atoms with Gasteiger partial charge in [-0.15, -0.1) is 0 Å². The Morgan fingerprint density at radius 2 is 1.94 bits per heavy atom. The Bertz CT molecular complexity index is 1400. The molecule has 0 bridgehead atoms. The quantitative estimate of drug-likeness (QED) is 0.431. The molecule has 1 aliphatic rings. The first-order valence-corrected chi connectivity index (χ1v) is 11.6. The van der Waals surface area contributed by atoms with Crippen molar-refractivity contribution in [2.75, 3.05) is 6.61 Å². The summed E-state index contributed by atoms with van der Waals surface area (Å²) in [7, 11) is -3.72. The van der Waals surface area contributed by atoms with Gasteiger partial charge in [0.05, 0.1) is 4.90 Å². The summed E-state index contributed by atoms with van der Waals surface area (Å²) in [5, 5.41) is 3.98. The molecular weight excluding hydrogens is 448 g/mol. The van der Waals surface area contributed by atoms with Crippen LogP contribution in [0.15, 0.2) is 50.8 Å². The number of esters is 1. The second-order valence-electron chi connectivity index (χ2n) is 7.70. The smallest absolute Gasteiger partial charge is 0.331 e. The van der Waals surface area contributed by atoms with Gasteiger partial charge >= 0.3 is 5.97 Å². The number of aromatic nitrogens is 2. The standard InChI is InChI=1S/C22H22N4O6S/c1-12-9-17(15(4)26(12)20-10-13(2)32-24-20)18(27)11-31-22(28)14(3)23-21-16-7-5-6-8-19(16)33(29,30)25-21/h5-10,14H,11H2,1-4H3,(H,23,25)/t14-/m0/s1. The van der Waals surface area contributed by atoms with Crippen LogP contribution >= 0.6 is 0 Å². The molecule has 1 aromatic carbocycles. The van der Waals surface area contributed by atoms with E-state index in [0.29, 0.717) is 28.4 Å². The number of amidine groups is 1. The largest absolute Gasteiger partial charge is 0.456 e. The summed E-state index contributed by atoms with van der Waals surface area (Å²) < 4.78 is 38.8. The fourth-order valence-corrected chi connectivity index (χ4v) is 4.91. The maximum atomic E-state index is 12.7. The zero-order valence-electron chi connectivity index (χ0n) is 18.4. The van der Waals surface area contributed by atoms with E-state index in [0.717, 1.165) is 5.69 Å². The Hall–Kier alpha value is -3.73. The highest BCUT2D eigenvalue weighted by Gasteiger charge is 2.31. The van der Waals surface area contributed by atoms with Gasteiger partial charge in [-0.05, 0) is 45.9 Å². The lowest BCUT2D eigenvalue weighted by Gasteiger charge is -2.09. The van der Waals surface area contributed by atoms with E-state index in [9.17, 15) is 18.0 Å². The number of hydrogen-bond donors (Lipinski definition) is 1. The van der Waals surface area contributed by atoms with E-state index in [2.05, 4.69) is 14.9 Å². The summed E-state index contributed by atoms with van der Waals surface area (Å²) >= 11 is 0. The molecule has 3 aromatic rings. The van der Waals surface area contributed by atoms with E-state index in [-0.39, 0.29) is 16.5 Å². The topological polar surface area (TPSA) is 133 Å². The minimum absolute atomic E-state index is 0.0628. The average molecular weight is 471 g/mol. The van der Waals surface area contributed by atoms with Crippen molar-refractivity contribution >= 4 is 27.6 Å². The summed E-state index contributed by atoms with van der Waals surface area (Å²) in [5.41, 5.74) is 2.20. The number of nitrogens with one attached hydrogen (secondary N) is 1. The second kappa shape index (κ2) is 8.32. The van der Waals surface area contributed by atoms with Gasteiger partial charge in [-0.25, -0.2) is 13.2 Å². The Kier molecular flexibility index (Phi) is 5.66. The van der Waals surface area contributed by atoms with E-state index >= 15 is 0 Å². The Morgan fingerprint density at radius 1 is 1.21 bits per heavy atom. The van der Waals surface area contributed by atoms with Crippen LogP contribution in [0.3, 0.4) is 0 Å². The molecule has 3 heterocycles. The lowest BCUT2D eigenvalue weighted by Crippen LogP contribution is -2.27. The van der Waals surface area contributed by atoms with Crippen LogP contribution in [0, 0.1) is 20.8 Å². The molecule has 0 unspecified atom stereocenters. The monoisotopic (exact) mass is 470 g/mol. The minimum atomic E-state index is -3.72. The number of aliphatic imine (C=N–C) groups is 1. The number of fused-ring (bicyclic) bond motifs is 1. The number of aryl methyl sites for hydroxylation is 2. The van der Waals surface area contributed by atoms with Gasteiger partial charge in [0.25, 0.3) is 10.0 Å². The minimum Gasteiger partial charge on any atom is -0.456 e. The molecule has 10 nitrogen and oxygen atoms in total. The van der Waals surface area contributed by atoms with Gasteiger partial charge < -0.3 is 9.26 Å². The zero-order chi connectivity index (χ0) is 23.9. The molecule has 0 amide bonds. The summed E-state index contributed by atoms with van der Waals surface area (Å²) in [5.74, 6) is 0.132. The van der Waals surface area contributed by atoms with Crippen LogP contribution in [0.1, 0.15) is 40.0 Å². The Morgan fingerprint density at radius 3 is 2.64 bits per heavy atom. The fraction of sp³-hybridized carbons (Fsp3) is 0.273. The predicted octanol–water partition coefficient (Wildman–Crippen LogP) is 2.24. The van der Waals surface area contributed by atoms with E-state index in [1.807, 2.05) is 6.92 Å². The first-order valence-electron chi connectivity index (χ1n) is 10.1. The van der Waals surface area contributed by atoms with Crippen molar-refractivity contribution < 1.29 is 27.3 Å². The maximum absolute atomic E-state index is 12.7. The molecule has 2 aromatic heterocycles. The van der Waals surface area contributed by atoms with Gasteiger partial charge in [-0.3, -0.25) is 19.1 Å². The summed E-state index contributed by atoms with van der Waals surface area (Å²) in [6, 6.07) is 8.76. The number of rotatable bonds is 6. The Balaban J connectivity index is 1.46. The first kappa shape index (κ1) is 22.5. The number of Topliss-reactive ketones (excluding diaryl/α,β-unsaturated/α-hetero) is 1. The zero-order valence-corrected chi connectivity index (χ0v) is 19.3. The Labute approximate surface area is 190 Å². The van der Waals surface area contributed by atoms with Crippen molar-refractivity contribution in [1.82, 2.24) is 14.4 Å². The van der Waals surface area contributed by atoms with Crippen LogP contribution in [-0.4, -0.2) is 48.4 Å². The van der Waals surface area contributed by atoms with E-state index in [1.165, 1.54) is 13.0 Å². The molecule has 0 saturated carbocycles. The van der Waals surface area contributed by atoms with E-state index in [1.54, 1.807) is 48.7 Å². The molecule has 1 atom stereocenters. The lowest BCUT2D eigenvalue weighted by atomic mass is 10.1. The van der Waals surface area contributed by atoms with Gasteiger partial charge in [0.1, 0.15) is 17.6 Å². The van der Waals surface area contributed by atoms with E-state index in [4.69, 9.17) is 9.26 Å². The van der Waals surface area contributed by atoms with Gasteiger partial charge in [-0.1, -0.05) is 17.3 Å². The molecule has 0 aliphatic carbocycles. The van der Waals surface area contributed by atoms with Crippen LogP contribution in [0.5, 0.6) is 0 Å². The third-order valence-corrected chi connectivity index (χ3v) is 6.65. The molecule has 0 radical (unpaired) electrons. The molecule has 172 valence electrons. The highest BCUT2D eigenvalue weighted by atomic mass is 32.2. The summed E-state index contributed by atoms with van der Waals surface area (Å²) in [6.07, 6.45) is 0. The molecular formula is C22H22N4O6S. The second-order valence-corrected chi connectivity index (χ2v) is 9.35. The molecule has 4 rings (SSSR count). The normalized spacial score (nSPS) is 16.3. The molecule has 0 spiro atoms. The molecule has 11 heteroatoms. The van der Waals surface area contributed by atoms with Crippen LogP contribution in [0.4, 0.5) is 0 Å². The van der Waals surface area contributed by atoms with Crippen LogP contribution in [0.25, 0.3) is 5.82 Å². The molecule has 0 fully saturated rings. The number of carbonyl (C=O) groups is 2. The molecule has 33 heavy (non-hydrogen) atoms. The number of benzene rings is 1. The van der Waals surface area contributed by atoms with Crippen LogP contribution < -0.4 is 4.72 Å². The van der Waals surface area contributed by atoms with Crippen molar-refractivity contribution in [3.63, 3.8) is 0 Å². The lowest BCUT2D eigenvalue weighted by molar-refractivity contribution is -0.143. The fourth-order valence-electron chi connectivity index (χ4n) is 3.67. The van der Waals surface area contributed by atoms with Gasteiger partial charge in [-0.2, -0.15) is 0 Å². The number of carbonyl (C=O) groups excluding carboxylic acids is 2. The third kappa shape index (κ3) is 4.19. The highest BCUT2D eigenvalue weighted by Crippen LogP contribution is 2.23. The van der Waals surface area contributed by atoms with Crippen molar-refractivity contribution in [2.24, 2.45) is 4.99 Å². The predicted molar refractivity (Wildman–Crippen MR) is 118 cm³/mol. The van der Waals surface area contributed by atoms with Crippen molar-refractivity contribution in [3.05, 3.63) is 64.7 Å².